The molecule has 3 saturated carbocycles. The summed E-state index contributed by atoms with van der Waals surface area (Å²) in [6.45, 7) is 0. The predicted octanol–water partition coefficient (Wildman–Crippen LogP) is 6.40. The standard InChI is InChI=1S/C27H34O3S/c28-23-17-25(27(14-6-7-15-27)18-19-8-2-1-3-9-19)30-26(29)22(23)16-24(20-12-13-20)31-21-10-4-5-11-21/h1-3,8-9,17,20-21,24,28H,4-7,10-16,18H2. The summed E-state index contributed by atoms with van der Waals surface area (Å²) in [6, 6.07) is 12.2. The predicted molar refractivity (Wildman–Crippen MR) is 127 cm³/mol. The molecule has 1 aromatic heterocycles. The molecule has 31 heavy (non-hydrogen) atoms. The summed E-state index contributed by atoms with van der Waals surface area (Å²) < 4.78 is 5.99. The monoisotopic (exact) mass is 438 g/mol. The molecule has 0 bridgehead atoms. The van der Waals surface area contributed by atoms with Crippen molar-refractivity contribution in [2.75, 3.05) is 0 Å². The van der Waals surface area contributed by atoms with Gasteiger partial charge in [-0.25, -0.2) is 4.79 Å². The SMILES string of the molecule is O=c1oc(C2(Cc3ccccc3)CCCC2)cc(O)c1CC(SC1CCCC1)C1CC1. The number of benzene rings is 1. The summed E-state index contributed by atoms with van der Waals surface area (Å²) in [5.74, 6) is 1.54. The largest absolute Gasteiger partial charge is 0.507 e. The Morgan fingerprint density at radius 1 is 1.03 bits per heavy atom. The second kappa shape index (κ2) is 9.05. The van der Waals surface area contributed by atoms with E-state index in [2.05, 4.69) is 36.0 Å². The van der Waals surface area contributed by atoms with Gasteiger partial charge in [-0.3, -0.25) is 0 Å². The van der Waals surface area contributed by atoms with Gasteiger partial charge >= 0.3 is 5.63 Å². The molecule has 3 fully saturated rings. The minimum Gasteiger partial charge on any atom is -0.507 e. The van der Waals surface area contributed by atoms with Crippen LogP contribution in [0.1, 0.15) is 81.1 Å². The van der Waals surface area contributed by atoms with Crippen LogP contribution in [0.25, 0.3) is 0 Å². The van der Waals surface area contributed by atoms with E-state index in [0.717, 1.165) is 37.4 Å². The van der Waals surface area contributed by atoms with E-state index in [9.17, 15) is 9.90 Å². The maximum absolute atomic E-state index is 13.1. The first-order chi connectivity index (χ1) is 15.1. The maximum atomic E-state index is 13.1. The number of thioether (sulfide) groups is 1. The van der Waals surface area contributed by atoms with Crippen LogP contribution in [-0.2, 0) is 18.3 Å². The highest BCUT2D eigenvalue weighted by Crippen LogP contribution is 2.47. The highest BCUT2D eigenvalue weighted by molar-refractivity contribution is 8.00. The normalized spacial score (nSPS) is 22.1. The van der Waals surface area contributed by atoms with Gasteiger partial charge in [0.2, 0.25) is 0 Å². The highest BCUT2D eigenvalue weighted by Gasteiger charge is 2.40. The zero-order valence-electron chi connectivity index (χ0n) is 18.4. The average molecular weight is 439 g/mol. The van der Waals surface area contributed by atoms with Crippen molar-refractivity contribution >= 4 is 11.8 Å². The summed E-state index contributed by atoms with van der Waals surface area (Å²) in [4.78, 5) is 13.1. The molecular weight excluding hydrogens is 404 g/mol. The molecule has 0 spiro atoms. The van der Waals surface area contributed by atoms with Crippen molar-refractivity contribution < 1.29 is 9.52 Å². The molecule has 166 valence electrons. The van der Waals surface area contributed by atoms with Crippen molar-refractivity contribution in [2.24, 2.45) is 5.92 Å². The second-order valence-electron chi connectivity index (χ2n) is 10.0. The molecule has 3 aliphatic carbocycles. The molecule has 4 heteroatoms. The molecule has 0 amide bonds. The van der Waals surface area contributed by atoms with Crippen LogP contribution >= 0.6 is 11.8 Å². The van der Waals surface area contributed by atoms with Gasteiger partial charge in [-0.15, -0.1) is 0 Å². The average Bonchev–Trinajstić information content (AvgIpc) is 3.28. The Kier molecular flexibility index (Phi) is 6.19. The van der Waals surface area contributed by atoms with E-state index in [1.807, 2.05) is 6.07 Å². The van der Waals surface area contributed by atoms with Gasteiger partial charge in [0.15, 0.2) is 0 Å². The van der Waals surface area contributed by atoms with Gasteiger partial charge < -0.3 is 9.52 Å². The number of hydrogen-bond donors (Lipinski definition) is 1. The Morgan fingerprint density at radius 2 is 1.74 bits per heavy atom. The van der Waals surface area contributed by atoms with E-state index < -0.39 is 0 Å². The third-order valence-corrected chi connectivity index (χ3v) is 9.47. The van der Waals surface area contributed by atoms with Crippen molar-refractivity contribution in [3.8, 4) is 5.75 Å². The topological polar surface area (TPSA) is 50.4 Å². The zero-order valence-corrected chi connectivity index (χ0v) is 19.2. The molecule has 1 aromatic carbocycles. The van der Waals surface area contributed by atoms with Crippen LogP contribution in [0.4, 0.5) is 0 Å². The quantitative estimate of drug-likeness (QED) is 0.518. The lowest BCUT2D eigenvalue weighted by Gasteiger charge is -2.28. The van der Waals surface area contributed by atoms with Crippen molar-refractivity contribution in [1.29, 1.82) is 0 Å². The van der Waals surface area contributed by atoms with Crippen LogP contribution in [0.2, 0.25) is 0 Å². The Bertz CT molecular complexity index is 935. The van der Waals surface area contributed by atoms with Crippen LogP contribution in [-0.4, -0.2) is 15.6 Å². The summed E-state index contributed by atoms with van der Waals surface area (Å²) in [5.41, 5.74) is 1.27. The summed E-state index contributed by atoms with van der Waals surface area (Å²) in [6.07, 6.45) is 13.6. The fourth-order valence-corrected chi connectivity index (χ4v) is 7.63. The van der Waals surface area contributed by atoms with Gasteiger partial charge in [-0.05, 0) is 62.8 Å². The van der Waals surface area contributed by atoms with Crippen LogP contribution in [0.5, 0.6) is 5.75 Å². The van der Waals surface area contributed by atoms with E-state index in [1.54, 1.807) is 6.07 Å². The van der Waals surface area contributed by atoms with Gasteiger partial charge in [0, 0.05) is 22.0 Å². The van der Waals surface area contributed by atoms with Gasteiger partial charge in [-0.2, -0.15) is 11.8 Å². The Labute approximate surface area is 189 Å². The third kappa shape index (κ3) is 4.74. The van der Waals surface area contributed by atoms with Gasteiger partial charge in [0.25, 0.3) is 0 Å². The molecule has 2 aromatic rings. The fourth-order valence-electron chi connectivity index (χ4n) is 5.77. The van der Waals surface area contributed by atoms with Crippen LogP contribution in [0.15, 0.2) is 45.6 Å². The highest BCUT2D eigenvalue weighted by atomic mass is 32.2. The lowest BCUT2D eigenvalue weighted by molar-refractivity contribution is 0.307. The number of rotatable bonds is 8. The molecule has 5 rings (SSSR count). The molecule has 3 nitrogen and oxygen atoms in total. The molecule has 0 saturated heterocycles. The van der Waals surface area contributed by atoms with E-state index in [0.29, 0.717) is 28.9 Å². The summed E-state index contributed by atoms with van der Waals surface area (Å²) >= 11 is 2.07. The van der Waals surface area contributed by atoms with Crippen molar-refractivity contribution in [3.05, 3.63) is 63.7 Å². The number of aromatic hydroxyl groups is 1. The van der Waals surface area contributed by atoms with Crippen molar-refractivity contribution in [1.82, 2.24) is 0 Å². The van der Waals surface area contributed by atoms with Crippen LogP contribution in [0.3, 0.4) is 0 Å². The maximum Gasteiger partial charge on any atom is 0.342 e. The summed E-state index contributed by atoms with van der Waals surface area (Å²) in [5, 5.41) is 12.1. The van der Waals surface area contributed by atoms with Gasteiger partial charge in [-0.1, -0.05) is 56.0 Å². The first-order valence-electron chi connectivity index (χ1n) is 12.2. The number of hydrogen-bond acceptors (Lipinski definition) is 4. The van der Waals surface area contributed by atoms with Crippen LogP contribution < -0.4 is 5.63 Å². The van der Waals surface area contributed by atoms with Crippen molar-refractivity contribution in [2.45, 2.75) is 93.0 Å². The van der Waals surface area contributed by atoms with E-state index in [4.69, 9.17) is 4.42 Å². The van der Waals surface area contributed by atoms with E-state index >= 15 is 0 Å². The molecular formula is C27H34O3S. The Morgan fingerprint density at radius 3 is 2.39 bits per heavy atom. The van der Waals surface area contributed by atoms with Crippen LogP contribution in [0, 0.1) is 5.92 Å². The molecule has 1 heterocycles. The molecule has 0 aliphatic heterocycles. The van der Waals surface area contributed by atoms with E-state index in [-0.39, 0.29) is 16.8 Å². The first-order valence-corrected chi connectivity index (χ1v) is 13.1. The molecule has 1 unspecified atom stereocenters. The lowest BCUT2D eigenvalue weighted by atomic mass is 9.77. The minimum absolute atomic E-state index is 0.156. The first kappa shape index (κ1) is 21.2. The Hall–Kier alpha value is -1.68. The second-order valence-corrected chi connectivity index (χ2v) is 11.6. The van der Waals surface area contributed by atoms with Gasteiger partial charge in [0.1, 0.15) is 11.5 Å². The summed E-state index contributed by atoms with van der Waals surface area (Å²) in [7, 11) is 0. The molecule has 1 atom stereocenters. The Balaban J connectivity index is 1.39. The van der Waals surface area contributed by atoms with Crippen molar-refractivity contribution in [3.63, 3.8) is 0 Å². The zero-order chi connectivity index (χ0) is 21.3. The molecule has 0 radical (unpaired) electrons. The molecule has 3 aliphatic rings. The minimum atomic E-state index is -0.313. The van der Waals surface area contributed by atoms with E-state index in [1.165, 1.54) is 44.1 Å². The fraction of sp³-hybridized carbons (Fsp3) is 0.593. The smallest absolute Gasteiger partial charge is 0.342 e. The third-order valence-electron chi connectivity index (χ3n) is 7.72. The lowest BCUT2D eigenvalue weighted by Crippen LogP contribution is -2.28. The molecule has 1 N–H and O–H groups in total. The van der Waals surface area contributed by atoms with Gasteiger partial charge in [0.05, 0.1) is 5.56 Å².